The highest BCUT2D eigenvalue weighted by molar-refractivity contribution is 6.02. The molecule has 0 bridgehead atoms. The minimum Gasteiger partial charge on any atom is -0.497 e. The van der Waals surface area contributed by atoms with Gasteiger partial charge in [-0.05, 0) is 98.1 Å². The molecule has 2 N–H and O–H groups in total. The van der Waals surface area contributed by atoms with Crippen LogP contribution in [0, 0.1) is 5.92 Å². The molecule has 2 unspecified atom stereocenters. The number of benzene rings is 2. The van der Waals surface area contributed by atoms with Gasteiger partial charge >= 0.3 is 0 Å². The third kappa shape index (κ3) is 7.35. The molecule has 1 saturated carbocycles. The third-order valence-corrected chi connectivity index (χ3v) is 11.0. The lowest BCUT2D eigenvalue weighted by Gasteiger charge is -2.35. The summed E-state index contributed by atoms with van der Waals surface area (Å²) < 4.78 is 19.6. The molecule has 4 aliphatic rings. The van der Waals surface area contributed by atoms with Crippen molar-refractivity contribution in [3.05, 3.63) is 76.1 Å². The van der Waals surface area contributed by atoms with E-state index in [2.05, 4.69) is 47.0 Å². The van der Waals surface area contributed by atoms with Gasteiger partial charge in [0.1, 0.15) is 5.75 Å². The number of methoxy groups -OCH3 is 1. The van der Waals surface area contributed by atoms with Crippen molar-refractivity contribution in [2.45, 2.75) is 77.0 Å². The Morgan fingerprint density at radius 2 is 1.67 bits per heavy atom. The summed E-state index contributed by atoms with van der Waals surface area (Å²) >= 11 is 0. The van der Waals surface area contributed by atoms with E-state index in [9.17, 15) is 9.59 Å². The molecular formula is C41H51N5O5. The average molecular weight is 694 g/mol. The van der Waals surface area contributed by atoms with Crippen LogP contribution in [-0.2, 0) is 9.47 Å². The SMILES string of the molecule is COc1ccc2c(c1)/C=C(/c1c(C(=O)N3CC(C)OC(C)C3)cnn1C1CCOCC1)CN(C)c1cc(C(N)=O)ccc1/C(C1CCCCC1)=C/2. The maximum absolute atomic E-state index is 14.6. The Labute approximate surface area is 301 Å². The molecule has 4 heterocycles. The predicted octanol–water partition coefficient (Wildman–Crippen LogP) is 6.70. The van der Waals surface area contributed by atoms with Crippen molar-refractivity contribution in [3.8, 4) is 5.75 Å². The largest absolute Gasteiger partial charge is 0.497 e. The first-order chi connectivity index (χ1) is 24.7. The van der Waals surface area contributed by atoms with Crippen molar-refractivity contribution >= 4 is 40.8 Å². The van der Waals surface area contributed by atoms with E-state index in [1.54, 1.807) is 13.3 Å². The van der Waals surface area contributed by atoms with Gasteiger partial charge < -0.3 is 29.7 Å². The maximum Gasteiger partial charge on any atom is 0.257 e. The fraction of sp³-hybridized carbons (Fsp3) is 0.488. The molecule has 2 amide bonds. The Hall–Kier alpha value is -4.41. The van der Waals surface area contributed by atoms with Gasteiger partial charge in [-0.1, -0.05) is 37.5 Å². The number of ether oxygens (including phenoxy) is 3. The molecule has 3 aliphatic heterocycles. The van der Waals surface area contributed by atoms with Crippen LogP contribution in [0.3, 0.4) is 0 Å². The van der Waals surface area contributed by atoms with Crippen LogP contribution >= 0.6 is 0 Å². The second-order valence-electron chi connectivity index (χ2n) is 14.7. The number of anilines is 1. The van der Waals surface area contributed by atoms with Crippen molar-refractivity contribution in [2.24, 2.45) is 11.7 Å². The molecule has 3 fully saturated rings. The first-order valence-corrected chi connectivity index (χ1v) is 18.6. The first-order valence-electron chi connectivity index (χ1n) is 18.6. The Kier molecular flexibility index (Phi) is 10.3. The molecule has 51 heavy (non-hydrogen) atoms. The van der Waals surface area contributed by atoms with Crippen molar-refractivity contribution < 1.29 is 23.8 Å². The van der Waals surface area contributed by atoms with Crippen LogP contribution in [0.5, 0.6) is 5.75 Å². The normalized spacial score (nSPS) is 24.1. The topological polar surface area (TPSA) is 112 Å². The molecule has 10 heteroatoms. The number of hydrogen-bond acceptors (Lipinski definition) is 7. The van der Waals surface area contributed by atoms with E-state index in [1.807, 2.05) is 36.9 Å². The highest BCUT2D eigenvalue weighted by atomic mass is 16.5. The minimum absolute atomic E-state index is 0.0484. The molecule has 2 atom stereocenters. The summed E-state index contributed by atoms with van der Waals surface area (Å²) in [5.41, 5.74) is 14.1. The Bertz CT molecular complexity index is 1820. The molecular weight excluding hydrogens is 642 g/mol. The summed E-state index contributed by atoms with van der Waals surface area (Å²) in [5, 5.41) is 4.96. The van der Waals surface area contributed by atoms with Crippen LogP contribution in [0.1, 0.15) is 108 Å². The third-order valence-electron chi connectivity index (χ3n) is 11.0. The van der Waals surface area contributed by atoms with E-state index in [1.165, 1.54) is 24.8 Å². The second-order valence-corrected chi connectivity index (χ2v) is 14.7. The van der Waals surface area contributed by atoms with E-state index in [-0.39, 0.29) is 24.2 Å². The van der Waals surface area contributed by atoms with Crippen molar-refractivity contribution in [3.63, 3.8) is 0 Å². The number of nitrogens with two attached hydrogens (primary N) is 1. The highest BCUT2D eigenvalue weighted by Crippen LogP contribution is 2.43. The maximum atomic E-state index is 14.6. The molecule has 270 valence electrons. The van der Waals surface area contributed by atoms with Crippen molar-refractivity contribution in [1.82, 2.24) is 14.7 Å². The van der Waals surface area contributed by atoms with Gasteiger partial charge in [-0.15, -0.1) is 0 Å². The van der Waals surface area contributed by atoms with Gasteiger partial charge in [0.05, 0.1) is 42.8 Å². The van der Waals surface area contributed by atoms with E-state index in [0.29, 0.717) is 49.9 Å². The van der Waals surface area contributed by atoms with E-state index < -0.39 is 5.91 Å². The van der Waals surface area contributed by atoms with Gasteiger partial charge in [0, 0.05) is 56.7 Å². The number of morpholine rings is 1. The standard InChI is InChI=1S/C41H51N5O5/c1-26-23-45(24-27(2)51-26)41(48)37-22-43-46(33-14-16-50-17-15-33)39(37)32-18-31-19-34(49-4)12-10-29(31)20-36(28-8-6-5-7-9-28)35-13-11-30(40(42)47)21-38(35)44(3)25-32/h10-13,18-22,26-28,33H,5-9,14-17,23-25H2,1-4H3,(H2,42,47)/b32-18+,36-20+. The number of rotatable bonds is 6. The quantitative estimate of drug-likeness (QED) is 0.306. The van der Waals surface area contributed by atoms with Crippen LogP contribution in [0.25, 0.3) is 23.3 Å². The van der Waals surface area contributed by atoms with Crippen molar-refractivity contribution in [2.75, 3.05) is 51.9 Å². The summed E-state index contributed by atoms with van der Waals surface area (Å²) in [6, 6.07) is 12.2. The lowest BCUT2D eigenvalue weighted by Crippen LogP contribution is -2.48. The number of fused-ring (bicyclic) bond motifs is 2. The molecule has 0 radical (unpaired) electrons. The zero-order chi connectivity index (χ0) is 35.6. The lowest BCUT2D eigenvalue weighted by molar-refractivity contribution is -0.0586. The number of aromatic nitrogens is 2. The van der Waals surface area contributed by atoms with Gasteiger partial charge in [0.2, 0.25) is 5.91 Å². The summed E-state index contributed by atoms with van der Waals surface area (Å²) in [7, 11) is 3.75. The fourth-order valence-corrected chi connectivity index (χ4v) is 8.45. The Morgan fingerprint density at radius 3 is 2.37 bits per heavy atom. The number of likely N-dealkylation sites (N-methyl/N-ethyl adjacent to an activating group) is 1. The van der Waals surface area contributed by atoms with Crippen LogP contribution in [0.4, 0.5) is 5.69 Å². The molecule has 1 aromatic heterocycles. The molecule has 0 spiro atoms. The molecule has 2 saturated heterocycles. The number of nitrogens with zero attached hydrogens (tertiary/aromatic N) is 4. The summed E-state index contributed by atoms with van der Waals surface area (Å²) in [6.07, 6.45) is 13.7. The van der Waals surface area contributed by atoms with E-state index in [0.717, 1.165) is 65.1 Å². The summed E-state index contributed by atoms with van der Waals surface area (Å²) in [6.45, 7) is 6.79. The van der Waals surface area contributed by atoms with E-state index in [4.69, 9.17) is 25.0 Å². The minimum atomic E-state index is -0.459. The van der Waals surface area contributed by atoms with Gasteiger partial charge in [-0.2, -0.15) is 5.10 Å². The number of primary amides is 1. The smallest absolute Gasteiger partial charge is 0.257 e. The molecule has 10 nitrogen and oxygen atoms in total. The fourth-order valence-electron chi connectivity index (χ4n) is 8.45. The predicted molar refractivity (Wildman–Crippen MR) is 201 cm³/mol. The van der Waals surface area contributed by atoms with Crippen LogP contribution in [0.15, 0.2) is 42.6 Å². The highest BCUT2D eigenvalue weighted by Gasteiger charge is 2.33. The number of carbonyl (C=O) groups is 2. The van der Waals surface area contributed by atoms with Gasteiger partial charge in [-0.25, -0.2) is 0 Å². The van der Waals surface area contributed by atoms with E-state index >= 15 is 0 Å². The van der Waals surface area contributed by atoms with Crippen LogP contribution in [-0.4, -0.2) is 85.7 Å². The number of allylic oxidation sites excluding steroid dienone is 1. The zero-order valence-electron chi connectivity index (χ0n) is 30.4. The monoisotopic (exact) mass is 693 g/mol. The van der Waals surface area contributed by atoms with Gasteiger partial charge in [-0.3, -0.25) is 14.3 Å². The van der Waals surface area contributed by atoms with Crippen LogP contribution in [0.2, 0.25) is 0 Å². The summed E-state index contributed by atoms with van der Waals surface area (Å²) in [5.74, 6) is 0.645. The average Bonchev–Trinajstić information content (AvgIpc) is 3.59. The second kappa shape index (κ2) is 15.1. The first kappa shape index (κ1) is 35.0. The number of amides is 2. The Balaban J connectivity index is 1.46. The van der Waals surface area contributed by atoms with Gasteiger partial charge in [0.15, 0.2) is 0 Å². The number of carbonyl (C=O) groups excluding carboxylic acids is 2. The van der Waals surface area contributed by atoms with Gasteiger partial charge in [0.25, 0.3) is 5.91 Å². The van der Waals surface area contributed by atoms with Crippen molar-refractivity contribution in [1.29, 1.82) is 0 Å². The molecule has 7 rings (SSSR count). The zero-order valence-corrected chi connectivity index (χ0v) is 30.4. The Morgan fingerprint density at radius 1 is 0.922 bits per heavy atom. The summed E-state index contributed by atoms with van der Waals surface area (Å²) in [4.78, 5) is 31.2. The lowest BCUT2D eigenvalue weighted by atomic mass is 9.79. The molecule has 2 aromatic carbocycles. The molecule has 1 aliphatic carbocycles. The van der Waals surface area contributed by atoms with Crippen LogP contribution < -0.4 is 15.4 Å². The number of hydrogen-bond donors (Lipinski definition) is 1. The molecule has 3 aromatic rings.